The van der Waals surface area contributed by atoms with E-state index in [9.17, 15) is 0 Å². The van der Waals surface area contributed by atoms with Crippen molar-refractivity contribution in [1.29, 1.82) is 0 Å². The number of nitrogens with one attached hydrogen (secondary N) is 1. The molecule has 21 heavy (non-hydrogen) atoms. The molecule has 5 heteroatoms. The van der Waals surface area contributed by atoms with Gasteiger partial charge in [0.1, 0.15) is 12.4 Å². The summed E-state index contributed by atoms with van der Waals surface area (Å²) in [4.78, 5) is 8.37. The Bertz CT molecular complexity index is 579. The molecule has 2 aromatic heterocycles. The highest BCUT2D eigenvalue weighted by molar-refractivity contribution is 6.30. The minimum Gasteiger partial charge on any atom is -0.486 e. The average Bonchev–Trinajstić information content (AvgIpc) is 2.43. The first-order valence-electron chi connectivity index (χ1n) is 6.84. The number of pyridine rings is 2. The van der Waals surface area contributed by atoms with Crippen LogP contribution in [0.15, 0.2) is 36.8 Å². The van der Waals surface area contributed by atoms with E-state index in [1.807, 2.05) is 12.3 Å². The zero-order chi connectivity index (χ0) is 15.3. The Morgan fingerprint density at radius 2 is 2.00 bits per heavy atom. The summed E-state index contributed by atoms with van der Waals surface area (Å²) in [5.41, 5.74) is 2.12. The van der Waals surface area contributed by atoms with Gasteiger partial charge in [0, 0.05) is 30.5 Å². The molecule has 2 rings (SSSR count). The van der Waals surface area contributed by atoms with Crippen LogP contribution in [0.1, 0.15) is 32.0 Å². The summed E-state index contributed by atoms with van der Waals surface area (Å²) in [6.45, 7) is 7.62. The second kappa shape index (κ2) is 6.87. The molecule has 0 aliphatic carbocycles. The van der Waals surface area contributed by atoms with E-state index in [0.29, 0.717) is 17.4 Å². The summed E-state index contributed by atoms with van der Waals surface area (Å²) in [5, 5.41) is 3.99. The molecule has 2 heterocycles. The molecule has 0 bridgehead atoms. The van der Waals surface area contributed by atoms with Crippen molar-refractivity contribution in [1.82, 2.24) is 15.3 Å². The van der Waals surface area contributed by atoms with E-state index in [0.717, 1.165) is 17.8 Å². The molecule has 0 atom stereocenters. The summed E-state index contributed by atoms with van der Waals surface area (Å²) in [6, 6.07) is 5.76. The number of aromatic nitrogens is 2. The molecule has 0 saturated carbocycles. The predicted molar refractivity (Wildman–Crippen MR) is 84.4 cm³/mol. The van der Waals surface area contributed by atoms with Gasteiger partial charge in [-0.1, -0.05) is 17.7 Å². The Balaban J connectivity index is 1.87. The fraction of sp³-hybridized carbons (Fsp3) is 0.375. The number of hydrogen-bond acceptors (Lipinski definition) is 4. The van der Waals surface area contributed by atoms with Crippen molar-refractivity contribution in [3.63, 3.8) is 0 Å². The number of ether oxygens (including phenoxy) is 1. The summed E-state index contributed by atoms with van der Waals surface area (Å²) < 4.78 is 5.60. The van der Waals surface area contributed by atoms with Gasteiger partial charge in [-0.2, -0.15) is 0 Å². The van der Waals surface area contributed by atoms with E-state index in [1.165, 1.54) is 0 Å². The molecular weight excluding hydrogens is 286 g/mol. The molecule has 0 aromatic carbocycles. The van der Waals surface area contributed by atoms with Gasteiger partial charge in [0.15, 0.2) is 0 Å². The number of rotatable bonds is 5. The minimum absolute atomic E-state index is 0.0986. The van der Waals surface area contributed by atoms with Gasteiger partial charge < -0.3 is 10.1 Å². The van der Waals surface area contributed by atoms with Crippen molar-refractivity contribution in [2.45, 2.75) is 39.5 Å². The Hall–Kier alpha value is -1.65. The maximum Gasteiger partial charge on any atom is 0.139 e. The van der Waals surface area contributed by atoms with Gasteiger partial charge in [-0.25, -0.2) is 0 Å². The molecule has 0 aliphatic heterocycles. The Kier molecular flexibility index (Phi) is 5.15. The summed E-state index contributed by atoms with van der Waals surface area (Å²) in [7, 11) is 0. The monoisotopic (exact) mass is 305 g/mol. The lowest BCUT2D eigenvalue weighted by Gasteiger charge is -2.20. The Labute approximate surface area is 130 Å². The normalized spacial score (nSPS) is 11.4. The molecule has 0 amide bonds. The topological polar surface area (TPSA) is 47.0 Å². The van der Waals surface area contributed by atoms with Crippen LogP contribution in [0.3, 0.4) is 0 Å². The molecule has 2 aromatic rings. The highest BCUT2D eigenvalue weighted by Crippen LogP contribution is 2.16. The summed E-state index contributed by atoms with van der Waals surface area (Å²) in [6.07, 6.45) is 5.07. The first kappa shape index (κ1) is 15.7. The standard InChI is InChI=1S/C16H20ClN3O/c1-16(2,3)20-8-12-4-5-14(19-7-12)11-21-15-6-13(17)9-18-10-15/h4-7,9-10,20H,8,11H2,1-3H3. The van der Waals surface area contributed by atoms with Crippen molar-refractivity contribution in [3.8, 4) is 5.75 Å². The average molecular weight is 306 g/mol. The van der Waals surface area contributed by atoms with Crippen LogP contribution in [0.25, 0.3) is 0 Å². The lowest BCUT2D eigenvalue weighted by atomic mass is 10.1. The smallest absolute Gasteiger partial charge is 0.139 e. The van der Waals surface area contributed by atoms with Gasteiger partial charge in [-0.3, -0.25) is 9.97 Å². The number of halogens is 1. The third-order valence-electron chi connectivity index (χ3n) is 2.78. The van der Waals surface area contributed by atoms with Crippen LogP contribution >= 0.6 is 11.6 Å². The fourth-order valence-corrected chi connectivity index (χ4v) is 1.80. The highest BCUT2D eigenvalue weighted by atomic mass is 35.5. The van der Waals surface area contributed by atoms with Gasteiger partial charge in [0.05, 0.1) is 16.9 Å². The Morgan fingerprint density at radius 1 is 1.19 bits per heavy atom. The zero-order valence-electron chi connectivity index (χ0n) is 12.6. The van der Waals surface area contributed by atoms with Crippen LogP contribution in [0, 0.1) is 0 Å². The zero-order valence-corrected chi connectivity index (χ0v) is 13.3. The lowest BCUT2D eigenvalue weighted by Crippen LogP contribution is -2.35. The molecule has 0 spiro atoms. The number of nitrogens with zero attached hydrogens (tertiary/aromatic N) is 2. The first-order valence-corrected chi connectivity index (χ1v) is 7.22. The van der Waals surface area contributed by atoms with Crippen molar-refractivity contribution in [2.24, 2.45) is 0 Å². The molecule has 4 nitrogen and oxygen atoms in total. The maximum atomic E-state index is 5.85. The van der Waals surface area contributed by atoms with E-state index >= 15 is 0 Å². The van der Waals surface area contributed by atoms with Crippen LogP contribution < -0.4 is 10.1 Å². The predicted octanol–water partition coefficient (Wildman–Crippen LogP) is 3.60. The summed E-state index contributed by atoms with van der Waals surface area (Å²) >= 11 is 5.85. The van der Waals surface area contributed by atoms with E-state index in [4.69, 9.17) is 16.3 Å². The van der Waals surface area contributed by atoms with Crippen molar-refractivity contribution < 1.29 is 4.74 Å². The molecule has 0 radical (unpaired) electrons. The van der Waals surface area contributed by atoms with E-state index < -0.39 is 0 Å². The van der Waals surface area contributed by atoms with Gasteiger partial charge >= 0.3 is 0 Å². The van der Waals surface area contributed by atoms with Crippen molar-refractivity contribution in [3.05, 3.63) is 53.1 Å². The number of hydrogen-bond donors (Lipinski definition) is 1. The van der Waals surface area contributed by atoms with Crippen LogP contribution in [0.5, 0.6) is 5.75 Å². The van der Waals surface area contributed by atoms with E-state index in [-0.39, 0.29) is 5.54 Å². The fourth-order valence-electron chi connectivity index (χ4n) is 1.64. The molecule has 0 saturated heterocycles. The molecule has 0 unspecified atom stereocenters. The highest BCUT2D eigenvalue weighted by Gasteiger charge is 2.08. The van der Waals surface area contributed by atoms with Gasteiger partial charge in [0.2, 0.25) is 0 Å². The molecule has 112 valence electrons. The van der Waals surface area contributed by atoms with E-state index in [2.05, 4.69) is 42.1 Å². The van der Waals surface area contributed by atoms with E-state index in [1.54, 1.807) is 18.5 Å². The van der Waals surface area contributed by atoms with Crippen LogP contribution in [0.4, 0.5) is 0 Å². The molecule has 0 aliphatic rings. The third-order valence-corrected chi connectivity index (χ3v) is 2.98. The van der Waals surface area contributed by atoms with Crippen LogP contribution in [-0.2, 0) is 13.2 Å². The minimum atomic E-state index is 0.0986. The third kappa shape index (κ3) is 5.69. The Morgan fingerprint density at radius 3 is 2.62 bits per heavy atom. The summed E-state index contributed by atoms with van der Waals surface area (Å²) in [5.74, 6) is 0.641. The van der Waals surface area contributed by atoms with Crippen molar-refractivity contribution >= 4 is 11.6 Å². The largest absolute Gasteiger partial charge is 0.486 e. The van der Waals surface area contributed by atoms with Gasteiger partial charge in [-0.05, 0) is 32.4 Å². The molecular formula is C16H20ClN3O. The van der Waals surface area contributed by atoms with Crippen LogP contribution in [-0.4, -0.2) is 15.5 Å². The second-order valence-electron chi connectivity index (χ2n) is 5.89. The maximum absolute atomic E-state index is 5.85. The quantitative estimate of drug-likeness (QED) is 0.917. The van der Waals surface area contributed by atoms with Gasteiger partial charge in [-0.15, -0.1) is 0 Å². The molecule has 1 N–H and O–H groups in total. The second-order valence-corrected chi connectivity index (χ2v) is 6.33. The van der Waals surface area contributed by atoms with Gasteiger partial charge in [0.25, 0.3) is 0 Å². The SMILES string of the molecule is CC(C)(C)NCc1ccc(COc2cncc(Cl)c2)nc1. The van der Waals surface area contributed by atoms with Crippen molar-refractivity contribution in [2.75, 3.05) is 0 Å². The lowest BCUT2D eigenvalue weighted by molar-refractivity contribution is 0.300. The molecule has 0 fully saturated rings. The first-order chi connectivity index (χ1) is 9.92. The van der Waals surface area contributed by atoms with Crippen LogP contribution in [0.2, 0.25) is 5.02 Å².